The highest BCUT2D eigenvalue weighted by molar-refractivity contribution is 6.16. The fourth-order valence-electron chi connectivity index (χ4n) is 8.40. The van der Waals surface area contributed by atoms with Crippen LogP contribution in [0.15, 0.2) is 210 Å². The molecule has 0 bridgehead atoms. The number of nitrogens with one attached hydrogen (secondary N) is 1. The van der Waals surface area contributed by atoms with Gasteiger partial charge in [-0.05, 0) is 63.7 Å². The minimum absolute atomic E-state index is 0.339. The van der Waals surface area contributed by atoms with Crippen LogP contribution in [0.5, 0.6) is 0 Å². The first-order valence-electron chi connectivity index (χ1n) is 19.1. The third-order valence-corrected chi connectivity index (χ3v) is 11.0. The van der Waals surface area contributed by atoms with Gasteiger partial charge in [0.1, 0.15) is 11.7 Å². The number of fused-ring (bicyclic) bond motifs is 6. The number of nitrogens with zero attached hydrogens (tertiary/aromatic N) is 2. The summed E-state index contributed by atoms with van der Waals surface area (Å²) in [4.78, 5) is 5.35. The first kappa shape index (κ1) is 32.0. The van der Waals surface area contributed by atoms with Crippen LogP contribution >= 0.6 is 0 Å². The molecule has 2 aromatic heterocycles. The van der Waals surface area contributed by atoms with E-state index in [0.29, 0.717) is 0 Å². The second-order valence-electron chi connectivity index (χ2n) is 14.4. The number of rotatable bonds is 6. The summed E-state index contributed by atoms with van der Waals surface area (Å²) in [7, 11) is 0. The molecule has 0 spiro atoms. The minimum Gasteiger partial charge on any atom is -0.454 e. The van der Waals surface area contributed by atoms with Gasteiger partial charge in [-0.1, -0.05) is 170 Å². The lowest BCUT2D eigenvalue weighted by Gasteiger charge is -2.25. The summed E-state index contributed by atoms with van der Waals surface area (Å²) in [6, 6.07) is 68.7. The SMILES string of the molecule is C1=C(c2ccccc2)NC(c2cccc3oc4c(-n5c6cc(-c7ccccc7)ccc6c6ccc(-c7ccccc7)cc65)cccc4c23)N=C1c1ccccc1. The molecule has 11 rings (SSSR count). The second-order valence-corrected chi connectivity index (χ2v) is 14.4. The zero-order valence-electron chi connectivity index (χ0n) is 30.4. The van der Waals surface area contributed by atoms with Gasteiger partial charge in [0.25, 0.3) is 0 Å². The smallest absolute Gasteiger partial charge is 0.159 e. The van der Waals surface area contributed by atoms with Gasteiger partial charge >= 0.3 is 0 Å². The molecular formula is C52H35N3O. The molecule has 3 heterocycles. The molecule has 264 valence electrons. The number of hydrogen-bond donors (Lipinski definition) is 1. The lowest BCUT2D eigenvalue weighted by atomic mass is 9.99. The minimum atomic E-state index is -0.339. The highest BCUT2D eigenvalue weighted by Crippen LogP contribution is 2.42. The molecule has 1 N–H and O–H groups in total. The maximum atomic E-state index is 6.98. The molecule has 1 atom stereocenters. The highest BCUT2D eigenvalue weighted by atomic mass is 16.3. The molecule has 10 aromatic rings. The van der Waals surface area contributed by atoms with Gasteiger partial charge in [-0.25, -0.2) is 0 Å². The van der Waals surface area contributed by atoms with E-state index in [2.05, 4.69) is 204 Å². The van der Waals surface area contributed by atoms with Crippen molar-refractivity contribution in [3.8, 4) is 27.9 Å². The van der Waals surface area contributed by atoms with E-state index >= 15 is 0 Å². The normalized spacial score (nSPS) is 14.2. The van der Waals surface area contributed by atoms with Crippen LogP contribution in [0.1, 0.15) is 22.9 Å². The molecule has 0 aliphatic carbocycles. The molecule has 1 unspecified atom stereocenters. The van der Waals surface area contributed by atoms with Crippen molar-refractivity contribution in [2.75, 3.05) is 0 Å². The number of para-hydroxylation sites is 1. The van der Waals surface area contributed by atoms with E-state index in [1.165, 1.54) is 33.0 Å². The van der Waals surface area contributed by atoms with E-state index in [4.69, 9.17) is 9.41 Å². The Kier molecular flexibility index (Phi) is 7.52. The Morgan fingerprint density at radius 1 is 0.464 bits per heavy atom. The van der Waals surface area contributed by atoms with E-state index in [-0.39, 0.29) is 6.17 Å². The second kappa shape index (κ2) is 13.2. The van der Waals surface area contributed by atoms with Gasteiger partial charge in [-0.3, -0.25) is 4.99 Å². The van der Waals surface area contributed by atoms with Gasteiger partial charge in [-0.15, -0.1) is 0 Å². The van der Waals surface area contributed by atoms with E-state index in [1.54, 1.807) is 0 Å². The molecule has 4 heteroatoms. The summed E-state index contributed by atoms with van der Waals surface area (Å²) in [5.74, 6) is 0. The Hall–Kier alpha value is -7.43. The summed E-state index contributed by atoms with van der Waals surface area (Å²) in [5, 5.41) is 8.30. The topological polar surface area (TPSA) is 42.5 Å². The van der Waals surface area contributed by atoms with Crippen LogP contribution in [0, 0.1) is 0 Å². The van der Waals surface area contributed by atoms with Crippen molar-refractivity contribution in [1.82, 2.24) is 9.88 Å². The average Bonchev–Trinajstić information content (AvgIpc) is 3.83. The number of furan rings is 1. The molecular weight excluding hydrogens is 683 g/mol. The number of benzene rings is 8. The number of aromatic nitrogens is 1. The van der Waals surface area contributed by atoms with E-state index in [0.717, 1.165) is 66.8 Å². The van der Waals surface area contributed by atoms with Gasteiger partial charge in [0.15, 0.2) is 5.58 Å². The van der Waals surface area contributed by atoms with Gasteiger partial charge in [0.2, 0.25) is 0 Å². The zero-order chi connectivity index (χ0) is 37.0. The lowest BCUT2D eigenvalue weighted by Crippen LogP contribution is -2.25. The van der Waals surface area contributed by atoms with E-state index < -0.39 is 0 Å². The Morgan fingerprint density at radius 3 is 1.62 bits per heavy atom. The number of allylic oxidation sites excluding steroid dienone is 1. The predicted octanol–water partition coefficient (Wildman–Crippen LogP) is 13.1. The van der Waals surface area contributed by atoms with Crippen molar-refractivity contribution in [3.63, 3.8) is 0 Å². The maximum absolute atomic E-state index is 6.98. The number of hydrogen-bond acceptors (Lipinski definition) is 3. The van der Waals surface area contributed by atoms with Crippen LogP contribution in [0.3, 0.4) is 0 Å². The van der Waals surface area contributed by atoms with Crippen molar-refractivity contribution in [1.29, 1.82) is 0 Å². The maximum Gasteiger partial charge on any atom is 0.159 e. The summed E-state index contributed by atoms with van der Waals surface area (Å²) in [6.45, 7) is 0. The largest absolute Gasteiger partial charge is 0.454 e. The van der Waals surface area contributed by atoms with Crippen molar-refractivity contribution in [2.24, 2.45) is 4.99 Å². The molecule has 1 aliphatic heterocycles. The third-order valence-electron chi connectivity index (χ3n) is 11.0. The summed E-state index contributed by atoms with van der Waals surface area (Å²) in [5.41, 5.74) is 14.8. The molecule has 8 aromatic carbocycles. The van der Waals surface area contributed by atoms with E-state index in [1.807, 2.05) is 6.07 Å². The van der Waals surface area contributed by atoms with Crippen molar-refractivity contribution >= 4 is 55.2 Å². The molecule has 0 saturated carbocycles. The Morgan fingerprint density at radius 2 is 1.02 bits per heavy atom. The predicted molar refractivity (Wildman–Crippen MR) is 232 cm³/mol. The first-order chi connectivity index (χ1) is 27.8. The molecule has 0 radical (unpaired) electrons. The Bertz CT molecular complexity index is 3040. The monoisotopic (exact) mass is 717 g/mol. The molecule has 0 amide bonds. The van der Waals surface area contributed by atoms with E-state index in [9.17, 15) is 0 Å². The third kappa shape index (κ3) is 5.34. The van der Waals surface area contributed by atoms with Gasteiger partial charge in [-0.2, -0.15) is 0 Å². The summed E-state index contributed by atoms with van der Waals surface area (Å²) >= 11 is 0. The van der Waals surface area contributed by atoms with Crippen LogP contribution in [0.25, 0.3) is 77.4 Å². The van der Waals surface area contributed by atoms with Crippen LogP contribution in [-0.2, 0) is 0 Å². The Labute approximate surface area is 324 Å². The van der Waals surface area contributed by atoms with Crippen LogP contribution in [-0.4, -0.2) is 10.3 Å². The molecule has 0 saturated heterocycles. The molecule has 1 aliphatic rings. The summed E-state index contributed by atoms with van der Waals surface area (Å²) in [6.07, 6.45) is 1.82. The van der Waals surface area contributed by atoms with Gasteiger partial charge < -0.3 is 14.3 Å². The quantitative estimate of drug-likeness (QED) is 0.186. The van der Waals surface area contributed by atoms with Gasteiger partial charge in [0, 0.05) is 32.8 Å². The average molecular weight is 718 g/mol. The standard InChI is InChI=1S/C52H35N3O/c1-5-15-34(16-6-1)38-27-29-40-41-30-28-39(35-17-7-2-8-18-35)32-48(41)55(47(40)31-38)46-25-13-23-42-50-43(24-14-26-49(50)56-51(42)46)52-53-44(36-19-9-3-10-20-36)33-45(54-52)37-21-11-4-12-22-37/h1-33,52-53H. The van der Waals surface area contributed by atoms with Crippen LogP contribution < -0.4 is 5.32 Å². The van der Waals surface area contributed by atoms with Gasteiger partial charge in [0.05, 0.1) is 22.4 Å². The molecule has 56 heavy (non-hydrogen) atoms. The molecule has 4 nitrogen and oxygen atoms in total. The lowest BCUT2D eigenvalue weighted by molar-refractivity contribution is 0.657. The van der Waals surface area contributed by atoms with Crippen LogP contribution in [0.2, 0.25) is 0 Å². The van der Waals surface area contributed by atoms with Crippen molar-refractivity contribution in [2.45, 2.75) is 6.17 Å². The zero-order valence-corrected chi connectivity index (χ0v) is 30.4. The number of aliphatic imine (C=N–C) groups is 1. The highest BCUT2D eigenvalue weighted by Gasteiger charge is 2.25. The van der Waals surface area contributed by atoms with Crippen molar-refractivity contribution < 1.29 is 4.42 Å². The fourth-order valence-corrected chi connectivity index (χ4v) is 8.40. The Balaban J connectivity index is 1.14. The van der Waals surface area contributed by atoms with Crippen molar-refractivity contribution in [3.05, 3.63) is 217 Å². The van der Waals surface area contributed by atoms with Crippen LogP contribution in [0.4, 0.5) is 0 Å². The molecule has 0 fully saturated rings. The summed E-state index contributed by atoms with van der Waals surface area (Å²) < 4.78 is 9.38. The first-order valence-corrected chi connectivity index (χ1v) is 19.1. The fraction of sp³-hybridized carbons (Fsp3) is 0.0192.